The Kier molecular flexibility index (Phi) is 4.86. The Hall–Kier alpha value is -1.71. The van der Waals surface area contributed by atoms with Crippen molar-refractivity contribution in [3.8, 4) is 11.5 Å². The lowest BCUT2D eigenvalue weighted by Crippen LogP contribution is -2.30. The first-order valence-corrected chi connectivity index (χ1v) is 8.28. The van der Waals surface area contributed by atoms with Crippen molar-refractivity contribution in [3.63, 3.8) is 0 Å². The van der Waals surface area contributed by atoms with E-state index in [9.17, 15) is 4.79 Å². The molecule has 2 aliphatic rings. The number of ether oxygens (including phenoxy) is 2. The molecule has 1 N–H and O–H groups in total. The molecule has 2 fully saturated rings. The predicted octanol–water partition coefficient (Wildman–Crippen LogP) is 3.02. The van der Waals surface area contributed by atoms with Gasteiger partial charge in [-0.15, -0.1) is 0 Å². The summed E-state index contributed by atoms with van der Waals surface area (Å²) in [4.78, 5) is 12.0. The first-order valence-electron chi connectivity index (χ1n) is 8.28. The molecule has 4 heteroatoms. The smallest absolute Gasteiger partial charge is 0.220 e. The van der Waals surface area contributed by atoms with Crippen molar-refractivity contribution >= 4 is 5.91 Å². The molecule has 1 aromatic rings. The van der Waals surface area contributed by atoms with Gasteiger partial charge >= 0.3 is 0 Å². The Bertz CT molecular complexity index is 500. The number of benzene rings is 1. The number of amides is 1. The van der Waals surface area contributed by atoms with Crippen LogP contribution in [-0.4, -0.2) is 26.2 Å². The van der Waals surface area contributed by atoms with Crippen LogP contribution in [0.2, 0.25) is 0 Å². The molecular formula is C18H25NO3. The zero-order chi connectivity index (χ0) is 15.4. The molecule has 0 heterocycles. The summed E-state index contributed by atoms with van der Waals surface area (Å²) in [6, 6.07) is 7.47. The number of fused-ring (bicyclic) bond motifs is 2. The van der Waals surface area contributed by atoms with E-state index in [1.807, 2.05) is 24.3 Å². The van der Waals surface area contributed by atoms with Crippen molar-refractivity contribution in [2.24, 2.45) is 17.8 Å². The Balaban J connectivity index is 1.31. The van der Waals surface area contributed by atoms with Gasteiger partial charge in [0.1, 0.15) is 18.1 Å². The highest BCUT2D eigenvalue weighted by atomic mass is 16.5. The third kappa shape index (κ3) is 3.73. The molecule has 0 aromatic heterocycles. The fourth-order valence-corrected chi connectivity index (χ4v) is 3.97. The standard InChI is InChI=1S/C18H25NO3/c1-21-16-4-6-17(7-5-16)22-9-8-19-18(20)12-15-11-13-2-3-14(15)10-13/h4-7,13-15H,2-3,8-12H2,1H3,(H,19,20). The maximum absolute atomic E-state index is 12.0. The number of hydrogen-bond donors (Lipinski definition) is 1. The van der Waals surface area contributed by atoms with E-state index in [1.54, 1.807) is 7.11 Å². The number of rotatable bonds is 7. The quantitative estimate of drug-likeness (QED) is 0.788. The summed E-state index contributed by atoms with van der Waals surface area (Å²) in [6.45, 7) is 1.06. The van der Waals surface area contributed by atoms with Crippen LogP contribution in [0, 0.1) is 17.8 Å². The fraction of sp³-hybridized carbons (Fsp3) is 0.611. The molecule has 4 nitrogen and oxygen atoms in total. The van der Waals surface area contributed by atoms with Crippen LogP contribution >= 0.6 is 0 Å². The van der Waals surface area contributed by atoms with Gasteiger partial charge in [-0.05, 0) is 61.3 Å². The molecule has 2 aliphatic carbocycles. The zero-order valence-electron chi connectivity index (χ0n) is 13.2. The maximum Gasteiger partial charge on any atom is 0.220 e. The SMILES string of the molecule is COc1ccc(OCCNC(=O)CC2CC3CCC2C3)cc1. The van der Waals surface area contributed by atoms with E-state index in [-0.39, 0.29) is 5.91 Å². The van der Waals surface area contributed by atoms with Crippen LogP contribution in [-0.2, 0) is 4.79 Å². The van der Waals surface area contributed by atoms with Gasteiger partial charge in [0.2, 0.25) is 5.91 Å². The second-order valence-electron chi connectivity index (χ2n) is 6.51. The second-order valence-corrected chi connectivity index (χ2v) is 6.51. The third-order valence-corrected chi connectivity index (χ3v) is 5.08. The minimum atomic E-state index is 0.177. The van der Waals surface area contributed by atoms with E-state index in [0.29, 0.717) is 25.5 Å². The molecule has 22 heavy (non-hydrogen) atoms. The van der Waals surface area contributed by atoms with Gasteiger partial charge in [-0.2, -0.15) is 0 Å². The molecule has 3 atom stereocenters. The van der Waals surface area contributed by atoms with E-state index in [2.05, 4.69) is 5.32 Å². The molecule has 0 saturated heterocycles. The molecule has 0 aliphatic heterocycles. The van der Waals surface area contributed by atoms with Crippen molar-refractivity contribution in [2.45, 2.75) is 32.1 Å². The monoisotopic (exact) mass is 303 g/mol. The number of carbonyl (C=O) groups excluding carboxylic acids is 1. The lowest BCUT2D eigenvalue weighted by Gasteiger charge is -2.20. The van der Waals surface area contributed by atoms with Crippen LogP contribution in [0.3, 0.4) is 0 Å². The van der Waals surface area contributed by atoms with Crippen molar-refractivity contribution in [1.82, 2.24) is 5.32 Å². The van der Waals surface area contributed by atoms with Crippen molar-refractivity contribution in [2.75, 3.05) is 20.3 Å². The third-order valence-electron chi connectivity index (χ3n) is 5.08. The van der Waals surface area contributed by atoms with Crippen LogP contribution < -0.4 is 14.8 Å². The van der Waals surface area contributed by atoms with Crippen LogP contribution in [0.1, 0.15) is 32.1 Å². The van der Waals surface area contributed by atoms with Crippen molar-refractivity contribution in [3.05, 3.63) is 24.3 Å². The van der Waals surface area contributed by atoms with Gasteiger partial charge < -0.3 is 14.8 Å². The van der Waals surface area contributed by atoms with E-state index in [4.69, 9.17) is 9.47 Å². The summed E-state index contributed by atoms with van der Waals surface area (Å²) in [5, 5.41) is 2.97. The number of methoxy groups -OCH3 is 1. The zero-order valence-corrected chi connectivity index (χ0v) is 13.2. The minimum absolute atomic E-state index is 0.177. The highest BCUT2D eigenvalue weighted by Gasteiger charge is 2.39. The van der Waals surface area contributed by atoms with Crippen LogP contribution in [0.15, 0.2) is 24.3 Å². The first kappa shape index (κ1) is 15.2. The summed E-state index contributed by atoms with van der Waals surface area (Å²) in [7, 11) is 1.64. The van der Waals surface area contributed by atoms with Crippen LogP contribution in [0.4, 0.5) is 0 Å². The Morgan fingerprint density at radius 3 is 2.59 bits per heavy atom. The number of carbonyl (C=O) groups is 1. The summed E-state index contributed by atoms with van der Waals surface area (Å²) >= 11 is 0. The lowest BCUT2D eigenvalue weighted by molar-refractivity contribution is -0.122. The average Bonchev–Trinajstić information content (AvgIpc) is 3.15. The highest BCUT2D eigenvalue weighted by Crippen LogP contribution is 2.49. The Morgan fingerprint density at radius 2 is 1.95 bits per heavy atom. The lowest BCUT2D eigenvalue weighted by atomic mass is 9.86. The molecule has 1 aromatic carbocycles. The van der Waals surface area contributed by atoms with Gasteiger partial charge in [-0.25, -0.2) is 0 Å². The van der Waals surface area contributed by atoms with Crippen molar-refractivity contribution in [1.29, 1.82) is 0 Å². The van der Waals surface area contributed by atoms with E-state index in [1.165, 1.54) is 25.7 Å². The molecule has 2 saturated carbocycles. The largest absolute Gasteiger partial charge is 0.497 e. The van der Waals surface area contributed by atoms with Gasteiger partial charge in [0.05, 0.1) is 13.7 Å². The molecule has 120 valence electrons. The summed E-state index contributed by atoms with van der Waals surface area (Å²) in [5.74, 6) is 4.12. The van der Waals surface area contributed by atoms with Gasteiger partial charge in [0, 0.05) is 6.42 Å². The van der Waals surface area contributed by atoms with Gasteiger partial charge in [-0.1, -0.05) is 6.42 Å². The molecule has 2 bridgehead atoms. The van der Waals surface area contributed by atoms with Gasteiger partial charge in [0.25, 0.3) is 0 Å². The molecule has 1 amide bonds. The van der Waals surface area contributed by atoms with Crippen molar-refractivity contribution < 1.29 is 14.3 Å². The predicted molar refractivity (Wildman–Crippen MR) is 85.1 cm³/mol. The number of nitrogens with one attached hydrogen (secondary N) is 1. The summed E-state index contributed by atoms with van der Waals surface area (Å²) in [6.07, 6.45) is 6.05. The highest BCUT2D eigenvalue weighted by molar-refractivity contribution is 5.76. The molecule has 3 unspecified atom stereocenters. The van der Waals surface area contributed by atoms with Gasteiger partial charge in [0.15, 0.2) is 0 Å². The summed E-state index contributed by atoms with van der Waals surface area (Å²) < 4.78 is 10.7. The normalized spacial score (nSPS) is 26.0. The minimum Gasteiger partial charge on any atom is -0.497 e. The molecule has 0 spiro atoms. The van der Waals surface area contributed by atoms with Crippen LogP contribution in [0.5, 0.6) is 11.5 Å². The summed E-state index contributed by atoms with van der Waals surface area (Å²) in [5.41, 5.74) is 0. The van der Waals surface area contributed by atoms with Gasteiger partial charge in [-0.3, -0.25) is 4.79 Å². The van der Waals surface area contributed by atoms with E-state index >= 15 is 0 Å². The fourth-order valence-electron chi connectivity index (χ4n) is 3.97. The molecule has 0 radical (unpaired) electrons. The Morgan fingerprint density at radius 1 is 1.18 bits per heavy atom. The Labute approximate surface area is 132 Å². The topological polar surface area (TPSA) is 47.6 Å². The maximum atomic E-state index is 12.0. The van der Waals surface area contributed by atoms with Crippen LogP contribution in [0.25, 0.3) is 0 Å². The molecule has 3 rings (SSSR count). The number of hydrogen-bond acceptors (Lipinski definition) is 3. The molecular weight excluding hydrogens is 278 g/mol. The first-order chi connectivity index (χ1) is 10.7. The van der Waals surface area contributed by atoms with E-state index < -0.39 is 0 Å². The second kappa shape index (κ2) is 7.03. The average molecular weight is 303 g/mol. The van der Waals surface area contributed by atoms with E-state index in [0.717, 1.165) is 23.3 Å².